The Morgan fingerprint density at radius 2 is 0.778 bits per heavy atom. The van der Waals surface area contributed by atoms with Crippen LogP contribution in [0.25, 0.3) is 0 Å². The van der Waals surface area contributed by atoms with Crippen molar-refractivity contribution in [2.75, 3.05) is 52.9 Å². The summed E-state index contributed by atoms with van der Waals surface area (Å²) >= 11 is 0. The normalized spacial score (nSPS) is 9.89. The van der Waals surface area contributed by atoms with Crippen molar-refractivity contribution in [3.63, 3.8) is 0 Å². The van der Waals surface area contributed by atoms with Crippen LogP contribution in [0.15, 0.2) is 0 Å². The van der Waals surface area contributed by atoms with E-state index in [1.807, 2.05) is 12.1 Å². The van der Waals surface area contributed by atoms with Crippen LogP contribution in [0.3, 0.4) is 0 Å². The summed E-state index contributed by atoms with van der Waals surface area (Å²) in [5.41, 5.74) is 0. The van der Waals surface area contributed by atoms with Crippen LogP contribution < -0.4 is 0 Å². The minimum atomic E-state index is 0.412. The molecular weight excluding hydrogens is 236 g/mol. The van der Waals surface area contributed by atoms with E-state index in [0.717, 1.165) is 0 Å². The third-order valence-corrected chi connectivity index (χ3v) is 1.83. The van der Waals surface area contributed by atoms with Gasteiger partial charge >= 0.3 is 0 Å². The SMILES string of the molecule is N#CCCOCCOCCOCCOCCC#N. The minimum Gasteiger partial charge on any atom is -0.378 e. The molecule has 102 valence electrons. The van der Waals surface area contributed by atoms with Gasteiger partial charge in [-0.15, -0.1) is 0 Å². The summed E-state index contributed by atoms with van der Waals surface area (Å²) in [4.78, 5) is 0. The van der Waals surface area contributed by atoms with Gasteiger partial charge in [-0.1, -0.05) is 0 Å². The van der Waals surface area contributed by atoms with Crippen molar-refractivity contribution in [1.29, 1.82) is 10.5 Å². The molecule has 0 heterocycles. The summed E-state index contributed by atoms with van der Waals surface area (Å²) in [6.45, 7) is 3.95. The zero-order chi connectivity index (χ0) is 13.3. The van der Waals surface area contributed by atoms with Crippen LogP contribution in [0.2, 0.25) is 0 Å². The third kappa shape index (κ3) is 14.8. The zero-order valence-corrected chi connectivity index (χ0v) is 10.6. The maximum atomic E-state index is 8.25. The van der Waals surface area contributed by atoms with Gasteiger partial charge in [-0.05, 0) is 0 Å². The number of rotatable bonds is 13. The first-order valence-electron chi connectivity index (χ1n) is 5.96. The molecule has 0 aromatic heterocycles. The Morgan fingerprint density at radius 1 is 0.500 bits per heavy atom. The Balaban J connectivity index is 2.91. The summed E-state index contributed by atoms with van der Waals surface area (Å²) in [6.07, 6.45) is 0.823. The molecule has 18 heavy (non-hydrogen) atoms. The van der Waals surface area contributed by atoms with E-state index in [1.165, 1.54) is 0 Å². The second kappa shape index (κ2) is 15.8. The number of nitriles is 2. The average molecular weight is 256 g/mol. The van der Waals surface area contributed by atoms with E-state index in [0.29, 0.717) is 65.7 Å². The van der Waals surface area contributed by atoms with Crippen molar-refractivity contribution < 1.29 is 18.9 Å². The molecule has 0 spiro atoms. The molecule has 0 aromatic rings. The number of nitrogens with zero attached hydrogens (tertiary/aromatic N) is 2. The second-order valence-corrected chi connectivity index (χ2v) is 3.27. The van der Waals surface area contributed by atoms with E-state index in [2.05, 4.69) is 0 Å². The highest BCUT2D eigenvalue weighted by Crippen LogP contribution is 1.85. The van der Waals surface area contributed by atoms with Crippen LogP contribution in [0.4, 0.5) is 0 Å². The van der Waals surface area contributed by atoms with Crippen LogP contribution >= 0.6 is 0 Å². The quantitative estimate of drug-likeness (QED) is 0.455. The fraction of sp³-hybridized carbons (Fsp3) is 0.833. The standard InChI is InChI=1S/C12H20N2O4/c13-3-1-5-15-7-9-17-11-12-18-10-8-16-6-2-4-14/h1-2,5-12H2. The highest BCUT2D eigenvalue weighted by Gasteiger charge is 1.92. The molecule has 0 aliphatic carbocycles. The maximum absolute atomic E-state index is 8.25. The van der Waals surface area contributed by atoms with Gasteiger partial charge in [0.2, 0.25) is 0 Å². The molecule has 0 unspecified atom stereocenters. The molecule has 6 heteroatoms. The van der Waals surface area contributed by atoms with Crippen molar-refractivity contribution in [3.05, 3.63) is 0 Å². The second-order valence-electron chi connectivity index (χ2n) is 3.27. The largest absolute Gasteiger partial charge is 0.378 e. The number of ether oxygens (including phenoxy) is 4. The number of hydrogen-bond acceptors (Lipinski definition) is 6. The molecule has 6 nitrogen and oxygen atoms in total. The molecule has 0 fully saturated rings. The lowest BCUT2D eigenvalue weighted by molar-refractivity contribution is -0.000671. The zero-order valence-electron chi connectivity index (χ0n) is 10.6. The van der Waals surface area contributed by atoms with Gasteiger partial charge in [0.25, 0.3) is 0 Å². The van der Waals surface area contributed by atoms with E-state index in [9.17, 15) is 0 Å². The summed E-state index contributed by atoms with van der Waals surface area (Å²) in [5, 5.41) is 16.5. The van der Waals surface area contributed by atoms with Gasteiger partial charge in [0.1, 0.15) is 0 Å². The Kier molecular flexibility index (Phi) is 14.8. The summed E-state index contributed by atoms with van der Waals surface area (Å²) in [5.74, 6) is 0. The minimum absolute atomic E-state index is 0.412. The van der Waals surface area contributed by atoms with E-state index < -0.39 is 0 Å². The molecule has 0 bridgehead atoms. The van der Waals surface area contributed by atoms with Crippen LogP contribution in [-0.4, -0.2) is 52.9 Å². The first kappa shape index (κ1) is 16.8. The van der Waals surface area contributed by atoms with Crippen LogP contribution in [0.5, 0.6) is 0 Å². The molecule has 0 aliphatic rings. The lowest BCUT2D eigenvalue weighted by atomic mass is 10.5. The molecular formula is C12H20N2O4. The average Bonchev–Trinajstić information content (AvgIpc) is 2.39. The topological polar surface area (TPSA) is 84.5 Å². The van der Waals surface area contributed by atoms with Crippen molar-refractivity contribution in [3.8, 4) is 12.1 Å². The van der Waals surface area contributed by atoms with E-state index in [-0.39, 0.29) is 0 Å². The number of hydrogen-bond donors (Lipinski definition) is 0. The molecule has 0 saturated carbocycles. The monoisotopic (exact) mass is 256 g/mol. The third-order valence-electron chi connectivity index (χ3n) is 1.83. The summed E-state index contributed by atoms with van der Waals surface area (Å²) in [6, 6.07) is 3.99. The first-order chi connectivity index (χ1) is 8.91. The van der Waals surface area contributed by atoms with Gasteiger partial charge < -0.3 is 18.9 Å². The molecule has 0 atom stereocenters. The van der Waals surface area contributed by atoms with Gasteiger partial charge in [0, 0.05) is 0 Å². The highest BCUT2D eigenvalue weighted by molar-refractivity contribution is 4.67. The lowest BCUT2D eigenvalue weighted by Crippen LogP contribution is -2.12. The van der Waals surface area contributed by atoms with Crippen LogP contribution in [0.1, 0.15) is 12.8 Å². The maximum Gasteiger partial charge on any atom is 0.0701 e. The van der Waals surface area contributed by atoms with Crippen LogP contribution in [0, 0.1) is 22.7 Å². The molecule has 0 amide bonds. The van der Waals surface area contributed by atoms with E-state index in [4.69, 9.17) is 29.5 Å². The van der Waals surface area contributed by atoms with Crippen LogP contribution in [-0.2, 0) is 18.9 Å². The molecule has 0 N–H and O–H groups in total. The van der Waals surface area contributed by atoms with Crippen molar-refractivity contribution >= 4 is 0 Å². The van der Waals surface area contributed by atoms with Crippen molar-refractivity contribution in [2.24, 2.45) is 0 Å². The fourth-order valence-corrected chi connectivity index (χ4v) is 0.997. The molecule has 0 rings (SSSR count). The van der Waals surface area contributed by atoms with E-state index in [1.54, 1.807) is 0 Å². The van der Waals surface area contributed by atoms with Crippen molar-refractivity contribution in [2.45, 2.75) is 12.8 Å². The van der Waals surface area contributed by atoms with Gasteiger partial charge in [0.15, 0.2) is 0 Å². The van der Waals surface area contributed by atoms with Gasteiger partial charge in [0.05, 0.1) is 77.8 Å². The van der Waals surface area contributed by atoms with Gasteiger partial charge in [-0.3, -0.25) is 0 Å². The Labute approximate surface area is 108 Å². The Morgan fingerprint density at radius 3 is 1.06 bits per heavy atom. The molecule has 0 saturated heterocycles. The highest BCUT2D eigenvalue weighted by atomic mass is 16.6. The van der Waals surface area contributed by atoms with Gasteiger partial charge in [-0.2, -0.15) is 10.5 Å². The van der Waals surface area contributed by atoms with Crippen molar-refractivity contribution in [1.82, 2.24) is 0 Å². The Hall–Kier alpha value is -1.18. The lowest BCUT2D eigenvalue weighted by Gasteiger charge is -2.06. The molecule has 0 aromatic carbocycles. The predicted molar refractivity (Wildman–Crippen MR) is 63.7 cm³/mol. The fourth-order valence-electron chi connectivity index (χ4n) is 0.997. The van der Waals surface area contributed by atoms with Gasteiger partial charge in [-0.25, -0.2) is 0 Å². The summed E-state index contributed by atoms with van der Waals surface area (Å²) < 4.78 is 20.7. The molecule has 0 aliphatic heterocycles. The smallest absolute Gasteiger partial charge is 0.0701 e. The Bertz CT molecular complexity index is 221. The first-order valence-corrected chi connectivity index (χ1v) is 5.96. The van der Waals surface area contributed by atoms with E-state index >= 15 is 0 Å². The summed E-state index contributed by atoms with van der Waals surface area (Å²) in [7, 11) is 0. The predicted octanol–water partition coefficient (Wildman–Crippen LogP) is 0.880. The molecule has 0 radical (unpaired) electrons.